The number of hydrogen-bond donors (Lipinski definition) is 3. The lowest BCUT2D eigenvalue weighted by molar-refractivity contribution is 0.0879. The predicted octanol–water partition coefficient (Wildman–Crippen LogP) is 1.29. The maximum Gasteiger partial charge on any atom is 0.259 e. The van der Waals surface area contributed by atoms with Gasteiger partial charge in [0.05, 0.1) is 23.0 Å². The fourth-order valence-corrected chi connectivity index (χ4v) is 1.87. The minimum Gasteiger partial charge on any atom is -0.397 e. The second-order valence-electron chi connectivity index (χ2n) is 4.15. The lowest BCUT2D eigenvalue weighted by atomic mass is 10.1. The van der Waals surface area contributed by atoms with Gasteiger partial charge in [-0.3, -0.25) is 14.9 Å². The molecule has 2 aromatic rings. The Balaban J connectivity index is 1.91. The third-order valence-corrected chi connectivity index (χ3v) is 2.79. The van der Waals surface area contributed by atoms with E-state index in [2.05, 4.69) is 15.6 Å². The van der Waals surface area contributed by atoms with Gasteiger partial charge in [-0.25, -0.2) is 4.98 Å². The van der Waals surface area contributed by atoms with Gasteiger partial charge in [0, 0.05) is 5.69 Å². The summed E-state index contributed by atoms with van der Waals surface area (Å²) in [4.78, 5) is 27.0. The van der Waals surface area contributed by atoms with Crippen molar-refractivity contribution in [2.45, 2.75) is 0 Å². The zero-order valence-electron chi connectivity index (χ0n) is 9.81. The van der Waals surface area contributed by atoms with Gasteiger partial charge in [0.15, 0.2) is 0 Å². The van der Waals surface area contributed by atoms with Gasteiger partial charge in [-0.1, -0.05) is 0 Å². The molecule has 19 heavy (non-hydrogen) atoms. The normalized spacial score (nSPS) is 13.1. The van der Waals surface area contributed by atoms with Crippen molar-refractivity contribution in [2.75, 3.05) is 11.1 Å². The molecular weight excluding hydrogens is 244 g/mol. The number of benzene rings is 1. The lowest BCUT2D eigenvalue weighted by Crippen LogP contribution is -2.19. The molecule has 2 amide bonds. The number of rotatable bonds is 2. The summed E-state index contributed by atoms with van der Waals surface area (Å²) in [5.41, 5.74) is 7.56. The zero-order valence-corrected chi connectivity index (χ0v) is 9.81. The summed E-state index contributed by atoms with van der Waals surface area (Å²) in [6, 6.07) is 8.39. The smallest absolute Gasteiger partial charge is 0.259 e. The molecule has 3 rings (SSSR count). The van der Waals surface area contributed by atoms with Crippen LogP contribution in [-0.4, -0.2) is 16.8 Å². The Morgan fingerprint density at radius 3 is 2.58 bits per heavy atom. The molecule has 0 fully saturated rings. The standard InChI is InChI=1S/C13H10N4O2/c14-7-1-4-11(15-6-7)16-8-2-3-9-10(5-8)13(19)17-12(9)18/h1-6H,14H2,(H,15,16)(H,17,18,19). The number of fused-ring (bicyclic) bond motifs is 1. The summed E-state index contributed by atoms with van der Waals surface area (Å²) < 4.78 is 0. The van der Waals surface area contributed by atoms with E-state index in [0.29, 0.717) is 28.3 Å². The Labute approximate surface area is 108 Å². The molecule has 1 aromatic heterocycles. The molecule has 0 aliphatic carbocycles. The van der Waals surface area contributed by atoms with Gasteiger partial charge >= 0.3 is 0 Å². The molecule has 4 N–H and O–H groups in total. The fourth-order valence-electron chi connectivity index (χ4n) is 1.87. The molecular formula is C13H10N4O2. The second-order valence-corrected chi connectivity index (χ2v) is 4.15. The highest BCUT2D eigenvalue weighted by atomic mass is 16.2. The van der Waals surface area contributed by atoms with Crippen LogP contribution >= 0.6 is 0 Å². The number of hydrogen-bond acceptors (Lipinski definition) is 5. The van der Waals surface area contributed by atoms with E-state index in [1.165, 1.54) is 6.20 Å². The number of anilines is 3. The van der Waals surface area contributed by atoms with E-state index in [1.807, 2.05) is 0 Å². The number of carbonyl (C=O) groups is 2. The van der Waals surface area contributed by atoms with E-state index in [0.717, 1.165) is 0 Å². The third-order valence-electron chi connectivity index (χ3n) is 2.79. The van der Waals surface area contributed by atoms with Crippen molar-refractivity contribution >= 4 is 29.0 Å². The Bertz CT molecular complexity index is 680. The molecule has 1 aliphatic rings. The number of imide groups is 1. The number of aromatic nitrogens is 1. The maximum atomic E-state index is 11.5. The highest BCUT2D eigenvalue weighted by Gasteiger charge is 2.26. The van der Waals surface area contributed by atoms with Gasteiger partial charge in [0.1, 0.15) is 5.82 Å². The van der Waals surface area contributed by atoms with Crippen LogP contribution in [0.1, 0.15) is 20.7 Å². The lowest BCUT2D eigenvalue weighted by Gasteiger charge is -2.06. The van der Waals surface area contributed by atoms with Crippen molar-refractivity contribution in [1.29, 1.82) is 0 Å². The van der Waals surface area contributed by atoms with Crippen LogP contribution in [0, 0.1) is 0 Å². The van der Waals surface area contributed by atoms with E-state index < -0.39 is 0 Å². The van der Waals surface area contributed by atoms with Gasteiger partial charge in [0.2, 0.25) is 0 Å². The van der Waals surface area contributed by atoms with E-state index in [9.17, 15) is 9.59 Å². The van der Waals surface area contributed by atoms with Crippen LogP contribution in [0.5, 0.6) is 0 Å². The quantitative estimate of drug-likeness (QED) is 0.701. The SMILES string of the molecule is Nc1ccc(Nc2ccc3c(c2)C(=O)NC3=O)nc1. The monoisotopic (exact) mass is 254 g/mol. The van der Waals surface area contributed by atoms with Gasteiger partial charge < -0.3 is 11.1 Å². The first kappa shape index (κ1) is 11.2. The maximum absolute atomic E-state index is 11.5. The van der Waals surface area contributed by atoms with Gasteiger partial charge in [-0.05, 0) is 30.3 Å². The van der Waals surface area contributed by atoms with Gasteiger partial charge in [0.25, 0.3) is 11.8 Å². The number of carbonyl (C=O) groups excluding carboxylic acids is 2. The highest BCUT2D eigenvalue weighted by molar-refractivity contribution is 6.21. The van der Waals surface area contributed by atoms with Crippen molar-refractivity contribution in [3.05, 3.63) is 47.7 Å². The zero-order chi connectivity index (χ0) is 13.4. The molecule has 2 heterocycles. The first-order valence-corrected chi connectivity index (χ1v) is 5.62. The fraction of sp³-hybridized carbons (Fsp3) is 0. The van der Waals surface area contributed by atoms with Crippen LogP contribution < -0.4 is 16.4 Å². The summed E-state index contributed by atoms with van der Waals surface area (Å²) in [6.45, 7) is 0. The van der Waals surface area contributed by atoms with E-state index >= 15 is 0 Å². The average molecular weight is 254 g/mol. The van der Waals surface area contributed by atoms with Crippen LogP contribution in [0.2, 0.25) is 0 Å². The van der Waals surface area contributed by atoms with E-state index in [1.54, 1.807) is 30.3 Å². The first-order valence-electron chi connectivity index (χ1n) is 5.62. The molecule has 0 spiro atoms. The molecule has 6 heteroatoms. The Kier molecular flexibility index (Phi) is 2.42. The van der Waals surface area contributed by atoms with Crippen LogP contribution in [-0.2, 0) is 0 Å². The molecule has 1 aromatic carbocycles. The third kappa shape index (κ3) is 1.99. The van der Waals surface area contributed by atoms with Crippen molar-refractivity contribution in [2.24, 2.45) is 0 Å². The van der Waals surface area contributed by atoms with Gasteiger partial charge in [-0.2, -0.15) is 0 Å². The molecule has 0 atom stereocenters. The van der Waals surface area contributed by atoms with Crippen molar-refractivity contribution in [1.82, 2.24) is 10.3 Å². The van der Waals surface area contributed by atoms with E-state index in [4.69, 9.17) is 5.73 Å². The number of nitrogens with one attached hydrogen (secondary N) is 2. The highest BCUT2D eigenvalue weighted by Crippen LogP contribution is 2.22. The van der Waals surface area contributed by atoms with Crippen molar-refractivity contribution < 1.29 is 9.59 Å². The van der Waals surface area contributed by atoms with Crippen molar-refractivity contribution in [3.8, 4) is 0 Å². The summed E-state index contributed by atoms with van der Waals surface area (Å²) in [7, 11) is 0. The molecule has 6 nitrogen and oxygen atoms in total. The number of nitrogen functional groups attached to an aromatic ring is 1. The number of nitrogens with two attached hydrogens (primary N) is 1. The molecule has 0 saturated carbocycles. The largest absolute Gasteiger partial charge is 0.397 e. The summed E-state index contributed by atoms with van der Waals surface area (Å²) in [5.74, 6) is -0.134. The molecule has 0 unspecified atom stereocenters. The molecule has 0 radical (unpaired) electrons. The van der Waals surface area contributed by atoms with Crippen molar-refractivity contribution in [3.63, 3.8) is 0 Å². The van der Waals surface area contributed by atoms with Crippen LogP contribution in [0.25, 0.3) is 0 Å². The summed E-state index contributed by atoms with van der Waals surface area (Å²) >= 11 is 0. The molecule has 0 saturated heterocycles. The van der Waals surface area contributed by atoms with Gasteiger partial charge in [-0.15, -0.1) is 0 Å². The Morgan fingerprint density at radius 2 is 1.84 bits per heavy atom. The topological polar surface area (TPSA) is 97.1 Å². The first-order chi connectivity index (χ1) is 9.13. The van der Waals surface area contributed by atoms with Crippen LogP contribution in [0.4, 0.5) is 17.2 Å². The number of pyridine rings is 1. The number of amides is 2. The Hall–Kier alpha value is -2.89. The number of nitrogens with zero attached hydrogens (tertiary/aromatic N) is 1. The second kappa shape index (κ2) is 4.09. The Morgan fingerprint density at radius 1 is 1.05 bits per heavy atom. The molecule has 94 valence electrons. The summed E-state index contributed by atoms with van der Waals surface area (Å²) in [5, 5.41) is 5.28. The molecule has 0 bridgehead atoms. The summed E-state index contributed by atoms with van der Waals surface area (Å²) in [6.07, 6.45) is 1.53. The predicted molar refractivity (Wildman–Crippen MR) is 70.2 cm³/mol. The van der Waals surface area contributed by atoms with Crippen LogP contribution in [0.3, 0.4) is 0 Å². The minimum atomic E-state index is -0.381. The van der Waals surface area contributed by atoms with Crippen LogP contribution in [0.15, 0.2) is 36.5 Å². The minimum absolute atomic E-state index is 0.364. The average Bonchev–Trinajstić information content (AvgIpc) is 2.68. The van der Waals surface area contributed by atoms with E-state index in [-0.39, 0.29) is 11.8 Å². The molecule has 1 aliphatic heterocycles.